The van der Waals surface area contributed by atoms with E-state index in [-0.39, 0.29) is 38.6 Å². The summed E-state index contributed by atoms with van der Waals surface area (Å²) in [6.45, 7) is 11.0. The Bertz CT molecular complexity index is 225. The number of rotatable bonds is 10. The lowest BCUT2D eigenvalue weighted by Crippen LogP contribution is -1.90. The molecule has 4 heteroatoms. The second kappa shape index (κ2) is 23.6. The minimum atomic E-state index is 0. The molecular weight excluding hydrogens is 288 g/mol. The normalized spacial score (nSPS) is 8.10. The predicted molar refractivity (Wildman–Crippen MR) is 99.5 cm³/mol. The summed E-state index contributed by atoms with van der Waals surface area (Å²) in [4.78, 5) is 21.1. The van der Waals surface area contributed by atoms with Crippen LogP contribution in [-0.4, -0.2) is 11.6 Å². The molecule has 0 aromatic rings. The zero-order valence-electron chi connectivity index (χ0n) is 13.0. The van der Waals surface area contributed by atoms with Crippen LogP contribution in [0, 0.1) is 0 Å². The third-order valence-electron chi connectivity index (χ3n) is 2.51. The monoisotopic (exact) mass is 320 g/mol. The van der Waals surface area contributed by atoms with E-state index in [1.165, 1.54) is 25.0 Å². The number of ketones is 2. The Morgan fingerprint density at radius 3 is 1.25 bits per heavy atom. The molecule has 0 spiro atoms. The van der Waals surface area contributed by atoms with Crippen molar-refractivity contribution >= 4 is 38.6 Å². The average Bonchev–Trinajstić information content (AvgIpc) is 2.39. The van der Waals surface area contributed by atoms with Crippen LogP contribution in [0.1, 0.15) is 65.2 Å². The van der Waals surface area contributed by atoms with Gasteiger partial charge in [0.15, 0.2) is 11.6 Å². The summed E-state index contributed by atoms with van der Waals surface area (Å²) in [6.07, 6.45) is 10.8. The molecule has 0 heterocycles. The van der Waals surface area contributed by atoms with Crippen molar-refractivity contribution in [3.8, 4) is 0 Å². The van der Waals surface area contributed by atoms with Gasteiger partial charge >= 0.3 is 0 Å². The van der Waals surface area contributed by atoms with Gasteiger partial charge < -0.3 is 0 Å². The fraction of sp³-hybridized carbons (Fsp3) is 0.625. The Labute approximate surface area is 139 Å². The van der Waals surface area contributed by atoms with Gasteiger partial charge in [0.25, 0.3) is 0 Å². The molecule has 20 heavy (non-hydrogen) atoms. The molecule has 0 radical (unpaired) electrons. The van der Waals surface area contributed by atoms with Gasteiger partial charge in [-0.1, -0.05) is 52.7 Å². The summed E-state index contributed by atoms with van der Waals surface area (Å²) in [7, 11) is 0. The summed E-state index contributed by atoms with van der Waals surface area (Å²) >= 11 is 0. The van der Waals surface area contributed by atoms with Crippen LogP contribution < -0.4 is 0 Å². The van der Waals surface area contributed by atoms with Crippen molar-refractivity contribution in [2.45, 2.75) is 65.2 Å². The van der Waals surface area contributed by atoms with Crippen LogP contribution in [0.5, 0.6) is 0 Å². The maximum absolute atomic E-state index is 10.6. The smallest absolute Gasteiger partial charge is 0.155 e. The second-order valence-corrected chi connectivity index (χ2v) is 4.26. The quantitative estimate of drug-likeness (QED) is 0.425. The van der Waals surface area contributed by atoms with Crippen molar-refractivity contribution in [1.82, 2.24) is 0 Å². The van der Waals surface area contributed by atoms with E-state index in [4.69, 9.17) is 0 Å². The lowest BCUT2D eigenvalue weighted by molar-refractivity contribution is -0.115. The Balaban J connectivity index is -0.000000116. The third-order valence-corrected chi connectivity index (χ3v) is 2.51. The maximum atomic E-state index is 10.6. The molecule has 0 fully saturated rings. The van der Waals surface area contributed by atoms with Crippen molar-refractivity contribution in [2.75, 3.05) is 0 Å². The van der Waals surface area contributed by atoms with Crippen LogP contribution >= 0.6 is 27.0 Å². The van der Waals surface area contributed by atoms with E-state index in [1.54, 1.807) is 0 Å². The number of hydrogen-bond acceptors (Lipinski definition) is 2. The highest BCUT2D eigenvalue weighted by molar-refractivity contribution is 7.59. The molecular formula is C16H32O2S2. The van der Waals surface area contributed by atoms with Crippen molar-refractivity contribution in [3.05, 3.63) is 25.3 Å². The van der Waals surface area contributed by atoms with Crippen molar-refractivity contribution in [1.29, 1.82) is 0 Å². The van der Waals surface area contributed by atoms with Gasteiger partial charge in [0.05, 0.1) is 0 Å². The van der Waals surface area contributed by atoms with Crippen LogP contribution in [0.25, 0.3) is 0 Å². The molecule has 0 aromatic carbocycles. The fourth-order valence-corrected chi connectivity index (χ4v) is 1.30. The molecule has 0 atom stereocenters. The van der Waals surface area contributed by atoms with Gasteiger partial charge in [0, 0.05) is 12.8 Å². The van der Waals surface area contributed by atoms with Crippen LogP contribution in [-0.2, 0) is 9.59 Å². The first kappa shape index (κ1) is 27.8. The highest BCUT2D eigenvalue weighted by Gasteiger charge is 1.93. The zero-order valence-corrected chi connectivity index (χ0v) is 15.0. The topological polar surface area (TPSA) is 34.1 Å². The number of unbranched alkanes of at least 4 members (excludes halogenated alkanes) is 4. The summed E-state index contributed by atoms with van der Waals surface area (Å²) < 4.78 is 0. The largest absolute Gasteiger partial charge is 0.295 e. The minimum Gasteiger partial charge on any atom is -0.295 e. The molecule has 0 amide bonds. The minimum absolute atomic E-state index is 0. The second-order valence-electron chi connectivity index (χ2n) is 4.26. The molecule has 0 saturated carbocycles. The van der Waals surface area contributed by atoms with E-state index in [2.05, 4.69) is 27.0 Å². The van der Waals surface area contributed by atoms with Gasteiger partial charge in [-0.2, -0.15) is 27.0 Å². The van der Waals surface area contributed by atoms with Crippen LogP contribution in [0.2, 0.25) is 0 Å². The van der Waals surface area contributed by atoms with Crippen molar-refractivity contribution in [2.24, 2.45) is 0 Å². The predicted octanol–water partition coefficient (Wildman–Crippen LogP) is 4.87. The summed E-state index contributed by atoms with van der Waals surface area (Å²) in [5, 5.41) is 0. The van der Waals surface area contributed by atoms with Crippen molar-refractivity contribution < 1.29 is 9.59 Å². The average molecular weight is 321 g/mol. The van der Waals surface area contributed by atoms with E-state index in [0.717, 1.165) is 25.7 Å². The molecule has 2 nitrogen and oxygen atoms in total. The Morgan fingerprint density at radius 2 is 1.05 bits per heavy atom. The van der Waals surface area contributed by atoms with Gasteiger partial charge in [0.1, 0.15) is 0 Å². The van der Waals surface area contributed by atoms with Gasteiger partial charge in [-0.3, -0.25) is 9.59 Å². The molecule has 0 unspecified atom stereocenters. The van der Waals surface area contributed by atoms with Crippen LogP contribution in [0.3, 0.4) is 0 Å². The lowest BCUT2D eigenvalue weighted by atomic mass is 10.1. The first-order valence-electron chi connectivity index (χ1n) is 6.92. The highest BCUT2D eigenvalue weighted by atomic mass is 32.1. The van der Waals surface area contributed by atoms with E-state index >= 15 is 0 Å². The SMILES string of the molecule is C=CC(=O)CCCCC.C=CC(=O)CCCCC.S.S. The van der Waals surface area contributed by atoms with Crippen LogP contribution in [0.4, 0.5) is 0 Å². The number of hydrogen-bond donors (Lipinski definition) is 0. The Morgan fingerprint density at radius 1 is 0.750 bits per heavy atom. The van der Waals surface area contributed by atoms with Crippen LogP contribution in [0.15, 0.2) is 25.3 Å². The molecule has 0 aliphatic carbocycles. The number of allylic oxidation sites excluding steroid dienone is 2. The molecule has 0 N–H and O–H groups in total. The summed E-state index contributed by atoms with van der Waals surface area (Å²) in [6, 6.07) is 0. The Hall–Kier alpha value is -0.480. The molecule has 0 bridgehead atoms. The number of carbonyl (C=O) groups excluding carboxylic acids is 2. The zero-order chi connectivity index (χ0) is 14.2. The van der Waals surface area contributed by atoms with Crippen molar-refractivity contribution in [3.63, 3.8) is 0 Å². The highest BCUT2D eigenvalue weighted by Crippen LogP contribution is 1.99. The Kier molecular flexibility index (Phi) is 32.8. The third kappa shape index (κ3) is 26.2. The molecule has 0 aliphatic heterocycles. The first-order chi connectivity index (χ1) is 8.62. The molecule has 0 aromatic heterocycles. The van der Waals surface area contributed by atoms with Gasteiger partial charge in [-0.15, -0.1) is 0 Å². The summed E-state index contributed by atoms with van der Waals surface area (Å²) in [5.74, 6) is 0.340. The first-order valence-corrected chi connectivity index (χ1v) is 6.92. The fourth-order valence-electron chi connectivity index (χ4n) is 1.30. The van der Waals surface area contributed by atoms with Gasteiger partial charge in [-0.25, -0.2) is 0 Å². The molecule has 0 saturated heterocycles. The number of carbonyl (C=O) groups is 2. The van der Waals surface area contributed by atoms with E-state index in [0.29, 0.717) is 12.8 Å². The standard InChI is InChI=1S/2C8H14O.2H2S/c2*1-3-5-6-7-8(9)4-2;;/h2*4H,2-3,5-7H2,1H3;2*1H2. The van der Waals surface area contributed by atoms with Gasteiger partial charge in [0.2, 0.25) is 0 Å². The van der Waals surface area contributed by atoms with E-state index < -0.39 is 0 Å². The molecule has 0 aliphatic rings. The van der Waals surface area contributed by atoms with Gasteiger partial charge in [-0.05, 0) is 25.0 Å². The maximum Gasteiger partial charge on any atom is 0.155 e. The van der Waals surface area contributed by atoms with E-state index in [1.807, 2.05) is 0 Å². The molecule has 0 rings (SSSR count). The lowest BCUT2D eigenvalue weighted by Gasteiger charge is -1.91. The van der Waals surface area contributed by atoms with E-state index in [9.17, 15) is 9.59 Å². The summed E-state index contributed by atoms with van der Waals surface area (Å²) in [5.41, 5.74) is 0. The molecule has 120 valence electrons.